The van der Waals surface area contributed by atoms with Crippen LogP contribution in [-0.4, -0.2) is 33.4 Å². The second-order valence-electron chi connectivity index (χ2n) is 4.91. The Hall–Kier alpha value is -1.27. The van der Waals surface area contributed by atoms with Gasteiger partial charge in [0, 0.05) is 13.6 Å². The molecule has 0 unspecified atom stereocenters. The third kappa shape index (κ3) is 3.84. The van der Waals surface area contributed by atoms with Crippen LogP contribution in [0.2, 0.25) is 0 Å². The Balaban J connectivity index is 2.96. The van der Waals surface area contributed by atoms with E-state index in [0.29, 0.717) is 23.9 Å². The number of ether oxygens (including phenoxy) is 1. The van der Waals surface area contributed by atoms with Gasteiger partial charge in [-0.25, -0.2) is 12.7 Å². The maximum Gasteiger partial charge on any atom is 0.242 e. The summed E-state index contributed by atoms with van der Waals surface area (Å²) in [7, 11) is -0.408. The zero-order valence-corrected chi connectivity index (χ0v) is 12.7. The predicted molar refractivity (Wildman–Crippen MR) is 76.7 cm³/mol. The van der Waals surface area contributed by atoms with E-state index in [9.17, 15) is 8.42 Å². The van der Waals surface area contributed by atoms with Crippen LogP contribution in [0.5, 0.6) is 5.75 Å². The molecule has 1 aromatic rings. The number of methoxy groups -OCH3 is 1. The molecule has 0 aliphatic carbocycles. The Morgan fingerprint density at radius 2 is 2.00 bits per heavy atom. The zero-order chi connectivity index (χ0) is 14.6. The van der Waals surface area contributed by atoms with Crippen molar-refractivity contribution in [2.75, 3.05) is 26.4 Å². The molecule has 108 valence electrons. The molecule has 0 saturated heterocycles. The average Bonchev–Trinajstić information content (AvgIpc) is 2.35. The molecule has 0 spiro atoms. The minimum atomic E-state index is -3.48. The average molecular weight is 286 g/mol. The molecule has 0 aliphatic heterocycles. The molecule has 0 radical (unpaired) electrons. The van der Waals surface area contributed by atoms with Gasteiger partial charge in [0.05, 0.1) is 17.7 Å². The Bertz CT molecular complexity index is 527. The third-order valence-corrected chi connectivity index (χ3v) is 4.78. The summed E-state index contributed by atoms with van der Waals surface area (Å²) in [6.07, 6.45) is 0.821. The molecule has 2 N–H and O–H groups in total. The van der Waals surface area contributed by atoms with Crippen molar-refractivity contribution < 1.29 is 13.2 Å². The van der Waals surface area contributed by atoms with Gasteiger partial charge in [-0.15, -0.1) is 0 Å². The van der Waals surface area contributed by atoms with E-state index >= 15 is 0 Å². The van der Waals surface area contributed by atoms with Crippen LogP contribution in [0.15, 0.2) is 23.1 Å². The molecule has 0 aliphatic rings. The highest BCUT2D eigenvalue weighted by atomic mass is 32.2. The van der Waals surface area contributed by atoms with E-state index < -0.39 is 10.0 Å². The highest BCUT2D eigenvalue weighted by Crippen LogP contribution is 2.26. The van der Waals surface area contributed by atoms with Crippen molar-refractivity contribution >= 4 is 15.7 Å². The molecule has 0 amide bonds. The fraction of sp³-hybridized carbons (Fsp3) is 0.538. The molecule has 6 heteroatoms. The van der Waals surface area contributed by atoms with Crippen molar-refractivity contribution in [3.05, 3.63) is 18.2 Å². The van der Waals surface area contributed by atoms with Gasteiger partial charge in [-0.05, 0) is 30.5 Å². The molecule has 5 nitrogen and oxygen atoms in total. The summed E-state index contributed by atoms with van der Waals surface area (Å²) < 4.78 is 31.0. The number of nitrogens with two attached hydrogens (primary N) is 1. The summed E-state index contributed by atoms with van der Waals surface area (Å²) in [6.45, 7) is 4.61. The largest absolute Gasteiger partial charge is 0.495 e. The Labute approximate surface area is 115 Å². The second-order valence-corrected chi connectivity index (χ2v) is 6.96. The minimum Gasteiger partial charge on any atom is -0.495 e. The fourth-order valence-electron chi connectivity index (χ4n) is 1.61. The van der Waals surface area contributed by atoms with E-state index in [0.717, 1.165) is 6.42 Å². The molecule has 0 bridgehead atoms. The van der Waals surface area contributed by atoms with Gasteiger partial charge >= 0.3 is 0 Å². The van der Waals surface area contributed by atoms with Gasteiger partial charge in [0.1, 0.15) is 5.75 Å². The van der Waals surface area contributed by atoms with Crippen molar-refractivity contribution in [2.24, 2.45) is 5.92 Å². The van der Waals surface area contributed by atoms with Crippen molar-refractivity contribution in [2.45, 2.75) is 25.2 Å². The van der Waals surface area contributed by atoms with Crippen LogP contribution >= 0.6 is 0 Å². The minimum absolute atomic E-state index is 0.192. The quantitative estimate of drug-likeness (QED) is 0.811. The number of benzene rings is 1. The SMILES string of the molecule is COc1ccc(S(=O)(=O)N(C)CCC(C)C)cc1N. The standard InChI is InChI=1S/C13H22N2O3S/c1-10(2)7-8-15(3)19(16,17)11-5-6-13(18-4)12(14)9-11/h5-6,9-10H,7-8,14H2,1-4H3. The number of rotatable bonds is 6. The number of anilines is 1. The molecule has 0 aromatic heterocycles. The molecule has 0 saturated carbocycles. The van der Waals surface area contributed by atoms with E-state index in [-0.39, 0.29) is 4.90 Å². The number of sulfonamides is 1. The predicted octanol–water partition coefficient (Wildman–Crippen LogP) is 1.94. The molecule has 19 heavy (non-hydrogen) atoms. The summed E-state index contributed by atoms with van der Waals surface area (Å²) in [4.78, 5) is 0.192. The van der Waals surface area contributed by atoms with E-state index in [4.69, 9.17) is 10.5 Å². The van der Waals surface area contributed by atoms with E-state index in [1.54, 1.807) is 13.1 Å². The van der Waals surface area contributed by atoms with Gasteiger partial charge in [-0.1, -0.05) is 13.8 Å². The third-order valence-electron chi connectivity index (χ3n) is 2.93. The second kappa shape index (κ2) is 6.25. The molecule has 0 atom stereocenters. The highest BCUT2D eigenvalue weighted by Gasteiger charge is 2.21. The zero-order valence-electron chi connectivity index (χ0n) is 11.9. The molecular formula is C13H22N2O3S. The molecule has 0 fully saturated rings. The van der Waals surface area contributed by atoms with E-state index in [2.05, 4.69) is 13.8 Å². The van der Waals surface area contributed by atoms with E-state index in [1.807, 2.05) is 0 Å². The van der Waals surface area contributed by atoms with Gasteiger partial charge in [0.15, 0.2) is 0 Å². The summed E-state index contributed by atoms with van der Waals surface area (Å²) in [5.74, 6) is 0.933. The van der Waals surface area contributed by atoms with Crippen molar-refractivity contribution in [1.29, 1.82) is 0 Å². The lowest BCUT2D eigenvalue weighted by molar-refractivity contribution is 0.416. The van der Waals surface area contributed by atoms with Crippen LogP contribution in [0.1, 0.15) is 20.3 Å². The first kappa shape index (κ1) is 15.8. The Kier molecular flexibility index (Phi) is 5.20. The summed E-state index contributed by atoms with van der Waals surface area (Å²) in [5, 5.41) is 0. The summed E-state index contributed by atoms with van der Waals surface area (Å²) in [5.41, 5.74) is 6.06. The van der Waals surface area contributed by atoms with Crippen molar-refractivity contribution in [3.63, 3.8) is 0 Å². The highest BCUT2D eigenvalue weighted by molar-refractivity contribution is 7.89. The van der Waals surface area contributed by atoms with Gasteiger partial charge in [0.25, 0.3) is 0 Å². The number of nitrogen functional groups attached to an aromatic ring is 1. The van der Waals surface area contributed by atoms with Crippen LogP contribution in [0, 0.1) is 5.92 Å². The van der Waals surface area contributed by atoms with Gasteiger partial charge in [-0.3, -0.25) is 0 Å². The molecular weight excluding hydrogens is 264 g/mol. The van der Waals surface area contributed by atoms with E-state index in [1.165, 1.54) is 23.5 Å². The Morgan fingerprint density at radius 1 is 1.37 bits per heavy atom. The van der Waals surface area contributed by atoms with Gasteiger partial charge in [0.2, 0.25) is 10.0 Å². The van der Waals surface area contributed by atoms with Gasteiger partial charge < -0.3 is 10.5 Å². The lowest BCUT2D eigenvalue weighted by Gasteiger charge is -2.18. The number of hydrogen-bond acceptors (Lipinski definition) is 4. The smallest absolute Gasteiger partial charge is 0.242 e. The first-order valence-corrected chi connectivity index (χ1v) is 7.63. The molecule has 0 heterocycles. The lowest BCUT2D eigenvalue weighted by Crippen LogP contribution is -2.28. The fourth-order valence-corrected chi connectivity index (χ4v) is 2.83. The first-order chi connectivity index (χ1) is 8.78. The summed E-state index contributed by atoms with van der Waals surface area (Å²) in [6, 6.07) is 4.51. The van der Waals surface area contributed by atoms with Crippen molar-refractivity contribution in [1.82, 2.24) is 4.31 Å². The summed E-state index contributed by atoms with van der Waals surface area (Å²) >= 11 is 0. The van der Waals surface area contributed by atoms with Crippen LogP contribution in [-0.2, 0) is 10.0 Å². The maximum atomic E-state index is 12.3. The van der Waals surface area contributed by atoms with Crippen molar-refractivity contribution in [3.8, 4) is 5.75 Å². The van der Waals surface area contributed by atoms with Crippen LogP contribution in [0.4, 0.5) is 5.69 Å². The molecule has 1 aromatic carbocycles. The monoisotopic (exact) mass is 286 g/mol. The molecule has 1 rings (SSSR count). The Morgan fingerprint density at radius 3 is 2.47 bits per heavy atom. The van der Waals surface area contributed by atoms with Crippen LogP contribution in [0.25, 0.3) is 0 Å². The van der Waals surface area contributed by atoms with Crippen LogP contribution in [0.3, 0.4) is 0 Å². The number of hydrogen-bond donors (Lipinski definition) is 1. The van der Waals surface area contributed by atoms with Crippen LogP contribution < -0.4 is 10.5 Å². The topological polar surface area (TPSA) is 72.6 Å². The van der Waals surface area contributed by atoms with Gasteiger partial charge in [-0.2, -0.15) is 0 Å². The number of nitrogens with zero attached hydrogens (tertiary/aromatic N) is 1. The maximum absolute atomic E-state index is 12.3. The lowest BCUT2D eigenvalue weighted by atomic mass is 10.1. The normalized spacial score (nSPS) is 12.1. The first-order valence-electron chi connectivity index (χ1n) is 6.19.